The highest BCUT2D eigenvalue weighted by Gasteiger charge is 1.97. The molecule has 0 aliphatic carbocycles. The van der Waals surface area contributed by atoms with Crippen LogP contribution in [0.2, 0.25) is 0 Å². The SMILES string of the molecule is O=C(C#Cc1cnc2ccccc2c1)CC#Cc1cnc2ccccc2c1. The van der Waals surface area contributed by atoms with Crippen LogP contribution in [0, 0.1) is 23.7 Å². The van der Waals surface area contributed by atoms with Crippen molar-refractivity contribution in [2.75, 3.05) is 0 Å². The van der Waals surface area contributed by atoms with E-state index in [9.17, 15) is 4.79 Å². The van der Waals surface area contributed by atoms with Crippen molar-refractivity contribution in [3.63, 3.8) is 0 Å². The molecule has 0 amide bonds. The summed E-state index contributed by atoms with van der Waals surface area (Å²) in [5, 5.41) is 2.03. The van der Waals surface area contributed by atoms with Crippen molar-refractivity contribution in [3.05, 3.63) is 84.2 Å². The number of carbonyl (C=O) groups excluding carboxylic acids is 1. The molecule has 126 valence electrons. The number of fused-ring (bicyclic) bond motifs is 2. The van der Waals surface area contributed by atoms with Crippen LogP contribution in [0.4, 0.5) is 0 Å². The molecule has 3 nitrogen and oxygen atoms in total. The van der Waals surface area contributed by atoms with Crippen LogP contribution in [0.15, 0.2) is 73.1 Å². The van der Waals surface area contributed by atoms with Gasteiger partial charge in [0.2, 0.25) is 5.78 Å². The number of hydrogen-bond acceptors (Lipinski definition) is 3. The molecule has 0 saturated carbocycles. The molecule has 27 heavy (non-hydrogen) atoms. The highest BCUT2D eigenvalue weighted by molar-refractivity contribution is 5.97. The van der Waals surface area contributed by atoms with Gasteiger partial charge in [-0.05, 0) is 30.2 Å². The minimum absolute atomic E-state index is 0.0842. The molecule has 0 fully saturated rings. The van der Waals surface area contributed by atoms with Crippen LogP contribution < -0.4 is 0 Å². The predicted molar refractivity (Wildman–Crippen MR) is 107 cm³/mol. The van der Waals surface area contributed by atoms with Crippen molar-refractivity contribution in [1.82, 2.24) is 9.97 Å². The summed E-state index contributed by atoms with van der Waals surface area (Å²) in [6.45, 7) is 0. The van der Waals surface area contributed by atoms with Gasteiger partial charge in [0.15, 0.2) is 0 Å². The maximum Gasteiger partial charge on any atom is 0.217 e. The van der Waals surface area contributed by atoms with E-state index in [4.69, 9.17) is 0 Å². The zero-order chi connectivity index (χ0) is 18.5. The molecule has 4 rings (SSSR count). The van der Waals surface area contributed by atoms with Gasteiger partial charge < -0.3 is 0 Å². The molecule has 0 spiro atoms. The first-order chi connectivity index (χ1) is 13.3. The Labute approximate surface area is 157 Å². The molecule has 2 aromatic carbocycles. The molecule has 0 bridgehead atoms. The lowest BCUT2D eigenvalue weighted by Gasteiger charge is -1.96. The lowest BCUT2D eigenvalue weighted by molar-refractivity contribution is -0.112. The van der Waals surface area contributed by atoms with Crippen LogP contribution >= 0.6 is 0 Å². The number of para-hydroxylation sites is 2. The monoisotopic (exact) mass is 346 g/mol. The van der Waals surface area contributed by atoms with Gasteiger partial charge in [0.25, 0.3) is 0 Å². The first kappa shape index (κ1) is 16.5. The fraction of sp³-hybridized carbons (Fsp3) is 0.0417. The Morgan fingerprint density at radius 3 is 1.96 bits per heavy atom. The summed E-state index contributed by atoms with van der Waals surface area (Å²) in [7, 11) is 0. The molecule has 0 aliphatic rings. The topological polar surface area (TPSA) is 42.9 Å². The van der Waals surface area contributed by atoms with Crippen LogP contribution in [-0.2, 0) is 4.79 Å². The molecule has 0 aliphatic heterocycles. The minimum atomic E-state index is -0.218. The Kier molecular flexibility index (Phi) is 4.60. The Balaban J connectivity index is 1.45. The molecule has 0 saturated heterocycles. The Morgan fingerprint density at radius 2 is 1.33 bits per heavy atom. The summed E-state index contributed by atoms with van der Waals surface area (Å²) in [6, 6.07) is 19.5. The van der Waals surface area contributed by atoms with E-state index < -0.39 is 0 Å². The molecule has 2 heterocycles. The molecule has 0 N–H and O–H groups in total. The van der Waals surface area contributed by atoms with Gasteiger partial charge in [-0.2, -0.15) is 0 Å². The lowest BCUT2D eigenvalue weighted by Crippen LogP contribution is -1.91. The zero-order valence-corrected chi connectivity index (χ0v) is 14.4. The van der Waals surface area contributed by atoms with Gasteiger partial charge in [0.05, 0.1) is 17.5 Å². The first-order valence-corrected chi connectivity index (χ1v) is 8.51. The number of pyridine rings is 2. The van der Waals surface area contributed by atoms with Gasteiger partial charge in [-0.3, -0.25) is 14.8 Å². The summed E-state index contributed by atoms with van der Waals surface area (Å²) < 4.78 is 0. The second kappa shape index (κ2) is 7.52. The van der Waals surface area contributed by atoms with E-state index in [-0.39, 0.29) is 12.2 Å². The molecule has 0 atom stereocenters. The highest BCUT2D eigenvalue weighted by Crippen LogP contribution is 2.12. The van der Waals surface area contributed by atoms with E-state index in [0.29, 0.717) is 5.56 Å². The van der Waals surface area contributed by atoms with E-state index in [2.05, 4.69) is 33.6 Å². The summed E-state index contributed by atoms with van der Waals surface area (Å²) >= 11 is 0. The summed E-state index contributed by atoms with van der Waals surface area (Å²) in [5.74, 6) is 11.1. The van der Waals surface area contributed by atoms with Crippen LogP contribution in [-0.4, -0.2) is 15.8 Å². The standard InChI is InChI=1S/C24H14N2O/c27-22(13-12-19-15-21-8-2-4-11-24(21)26-17-19)9-5-6-18-14-20-7-1-3-10-23(20)25-16-18/h1-4,7-8,10-11,14-17H,9H2. The lowest BCUT2D eigenvalue weighted by atomic mass is 10.1. The van der Waals surface area contributed by atoms with Crippen LogP contribution in [0.3, 0.4) is 0 Å². The number of rotatable bonds is 1. The number of Topliss-reactive ketones (excluding diaryl/α,β-unsaturated/α-hetero) is 1. The predicted octanol–water partition coefficient (Wildman–Crippen LogP) is 4.15. The maximum absolute atomic E-state index is 12.0. The van der Waals surface area contributed by atoms with Crippen molar-refractivity contribution in [3.8, 4) is 23.7 Å². The second-order valence-electron chi connectivity index (χ2n) is 5.99. The Morgan fingerprint density at radius 1 is 0.778 bits per heavy atom. The molecular weight excluding hydrogens is 332 g/mol. The van der Waals surface area contributed by atoms with E-state index in [1.807, 2.05) is 60.7 Å². The highest BCUT2D eigenvalue weighted by atomic mass is 16.1. The third-order valence-corrected chi connectivity index (χ3v) is 4.01. The average molecular weight is 346 g/mol. The zero-order valence-electron chi connectivity index (χ0n) is 14.4. The fourth-order valence-corrected chi connectivity index (χ4v) is 2.69. The summed E-state index contributed by atoms with van der Waals surface area (Å²) in [5.41, 5.74) is 3.33. The molecule has 0 unspecified atom stereocenters. The smallest absolute Gasteiger partial charge is 0.217 e. The molecule has 2 aromatic heterocycles. The maximum atomic E-state index is 12.0. The largest absolute Gasteiger partial charge is 0.284 e. The van der Waals surface area contributed by atoms with Crippen molar-refractivity contribution in [2.24, 2.45) is 0 Å². The third-order valence-electron chi connectivity index (χ3n) is 4.01. The number of hydrogen-bond donors (Lipinski definition) is 0. The number of benzene rings is 2. The second-order valence-corrected chi connectivity index (χ2v) is 5.99. The number of ketones is 1. The van der Waals surface area contributed by atoms with Crippen molar-refractivity contribution < 1.29 is 4.79 Å². The van der Waals surface area contributed by atoms with E-state index in [1.165, 1.54) is 0 Å². The molecule has 4 aromatic rings. The van der Waals surface area contributed by atoms with Gasteiger partial charge >= 0.3 is 0 Å². The van der Waals surface area contributed by atoms with Crippen molar-refractivity contribution >= 4 is 27.6 Å². The molecule has 3 heteroatoms. The number of carbonyl (C=O) groups is 1. The van der Waals surface area contributed by atoms with Crippen LogP contribution in [0.1, 0.15) is 17.5 Å². The third kappa shape index (κ3) is 4.00. The fourth-order valence-electron chi connectivity index (χ4n) is 2.69. The van der Waals surface area contributed by atoms with Crippen LogP contribution in [0.5, 0.6) is 0 Å². The Hall–Kier alpha value is -3.95. The van der Waals surface area contributed by atoms with Gasteiger partial charge in [-0.15, -0.1) is 0 Å². The van der Waals surface area contributed by atoms with E-state index >= 15 is 0 Å². The van der Waals surface area contributed by atoms with Crippen molar-refractivity contribution in [1.29, 1.82) is 0 Å². The summed E-state index contributed by atoms with van der Waals surface area (Å²) in [4.78, 5) is 20.7. The van der Waals surface area contributed by atoms with E-state index in [1.54, 1.807) is 12.4 Å². The molecule has 0 radical (unpaired) electrons. The van der Waals surface area contributed by atoms with Crippen molar-refractivity contribution in [2.45, 2.75) is 6.42 Å². The van der Waals surface area contributed by atoms with Gasteiger partial charge in [-0.25, -0.2) is 0 Å². The average Bonchev–Trinajstić information content (AvgIpc) is 2.72. The Bertz CT molecular complexity index is 1280. The minimum Gasteiger partial charge on any atom is -0.284 e. The number of aromatic nitrogens is 2. The molecular formula is C24H14N2O. The van der Waals surface area contributed by atoms with Gasteiger partial charge in [-0.1, -0.05) is 54.2 Å². The van der Waals surface area contributed by atoms with E-state index in [0.717, 1.165) is 27.4 Å². The normalized spacial score (nSPS) is 9.93. The first-order valence-electron chi connectivity index (χ1n) is 8.51. The van der Waals surface area contributed by atoms with Gasteiger partial charge in [0.1, 0.15) is 0 Å². The quantitative estimate of drug-likeness (QED) is 0.486. The summed E-state index contributed by atoms with van der Waals surface area (Å²) in [6.07, 6.45) is 3.47. The van der Waals surface area contributed by atoms with Gasteiger partial charge in [0, 0.05) is 34.3 Å². The van der Waals surface area contributed by atoms with Crippen LogP contribution in [0.25, 0.3) is 21.8 Å². The number of nitrogens with zero attached hydrogens (tertiary/aromatic N) is 2.